The molecule has 2 aromatic carbocycles. The maximum absolute atomic E-state index is 13.1. The van der Waals surface area contributed by atoms with E-state index in [4.69, 9.17) is 17.3 Å². The molecule has 0 unspecified atom stereocenters. The van der Waals surface area contributed by atoms with Crippen LogP contribution in [-0.4, -0.2) is 10.2 Å². The molecule has 1 heterocycles. The molecule has 0 atom stereocenters. The monoisotopic (exact) mass is 261 g/mol. The maximum atomic E-state index is 13.1. The Kier molecular flexibility index (Phi) is 2.45. The van der Waals surface area contributed by atoms with Crippen LogP contribution in [0.25, 0.3) is 22.2 Å². The van der Waals surface area contributed by atoms with Gasteiger partial charge in [-0.15, -0.1) is 0 Å². The lowest BCUT2D eigenvalue weighted by Crippen LogP contribution is -1.85. The van der Waals surface area contributed by atoms with E-state index >= 15 is 0 Å². The SMILES string of the molecule is Nc1cccc2c(-c3ccc(F)c(Cl)c3)n[nH]c12. The van der Waals surface area contributed by atoms with Crippen molar-refractivity contribution >= 4 is 28.2 Å². The van der Waals surface area contributed by atoms with E-state index < -0.39 is 5.82 Å². The largest absolute Gasteiger partial charge is 0.397 e. The molecule has 1 aromatic heterocycles. The normalized spacial score (nSPS) is 11.0. The predicted molar refractivity (Wildman–Crippen MR) is 70.9 cm³/mol. The highest BCUT2D eigenvalue weighted by Crippen LogP contribution is 2.30. The molecule has 3 aromatic rings. The molecule has 0 saturated carbocycles. The van der Waals surface area contributed by atoms with Gasteiger partial charge in [0, 0.05) is 10.9 Å². The minimum absolute atomic E-state index is 0.0764. The van der Waals surface area contributed by atoms with Crippen molar-refractivity contribution in [3.8, 4) is 11.3 Å². The molecule has 0 fully saturated rings. The Balaban J connectivity index is 2.25. The van der Waals surface area contributed by atoms with E-state index in [2.05, 4.69) is 10.2 Å². The van der Waals surface area contributed by atoms with Gasteiger partial charge < -0.3 is 5.73 Å². The Morgan fingerprint density at radius 2 is 2.06 bits per heavy atom. The quantitative estimate of drug-likeness (QED) is 0.658. The molecule has 0 aliphatic heterocycles. The van der Waals surface area contributed by atoms with Crippen LogP contribution >= 0.6 is 11.6 Å². The summed E-state index contributed by atoms with van der Waals surface area (Å²) >= 11 is 5.78. The molecule has 5 heteroatoms. The van der Waals surface area contributed by atoms with E-state index in [1.807, 2.05) is 12.1 Å². The molecule has 0 radical (unpaired) electrons. The molecule has 0 aliphatic carbocycles. The van der Waals surface area contributed by atoms with Crippen molar-refractivity contribution in [1.29, 1.82) is 0 Å². The zero-order valence-corrected chi connectivity index (χ0v) is 10.0. The van der Waals surface area contributed by atoms with Crippen LogP contribution in [0.15, 0.2) is 36.4 Å². The maximum Gasteiger partial charge on any atom is 0.141 e. The number of para-hydroxylation sites is 1. The highest BCUT2D eigenvalue weighted by Gasteiger charge is 2.11. The summed E-state index contributed by atoms with van der Waals surface area (Å²) < 4.78 is 13.1. The van der Waals surface area contributed by atoms with E-state index in [0.717, 1.165) is 16.5 Å². The van der Waals surface area contributed by atoms with Gasteiger partial charge in [0.05, 0.1) is 16.2 Å². The number of fused-ring (bicyclic) bond motifs is 1. The van der Waals surface area contributed by atoms with Crippen molar-refractivity contribution in [1.82, 2.24) is 10.2 Å². The average molecular weight is 262 g/mol. The van der Waals surface area contributed by atoms with Crippen LogP contribution in [0.1, 0.15) is 0 Å². The number of nitrogens with one attached hydrogen (secondary N) is 1. The number of hydrogen-bond acceptors (Lipinski definition) is 2. The second-order valence-electron chi connectivity index (χ2n) is 3.97. The van der Waals surface area contributed by atoms with Crippen molar-refractivity contribution in [2.45, 2.75) is 0 Å². The summed E-state index contributed by atoms with van der Waals surface area (Å²) in [6.45, 7) is 0. The van der Waals surface area contributed by atoms with Crippen LogP contribution in [0.5, 0.6) is 0 Å². The van der Waals surface area contributed by atoms with Gasteiger partial charge in [-0.05, 0) is 24.3 Å². The summed E-state index contributed by atoms with van der Waals surface area (Å²) in [4.78, 5) is 0. The van der Waals surface area contributed by atoms with Crippen molar-refractivity contribution < 1.29 is 4.39 Å². The number of nitrogens with two attached hydrogens (primary N) is 1. The zero-order chi connectivity index (χ0) is 12.7. The fraction of sp³-hybridized carbons (Fsp3) is 0. The Bertz CT molecular complexity index is 736. The van der Waals surface area contributed by atoms with Crippen molar-refractivity contribution in [2.75, 3.05) is 5.73 Å². The molecule has 0 amide bonds. The van der Waals surface area contributed by atoms with Crippen LogP contribution in [0, 0.1) is 5.82 Å². The third-order valence-electron chi connectivity index (χ3n) is 2.82. The Hall–Kier alpha value is -2.07. The highest BCUT2D eigenvalue weighted by atomic mass is 35.5. The van der Waals surface area contributed by atoms with E-state index in [-0.39, 0.29) is 5.02 Å². The van der Waals surface area contributed by atoms with Crippen LogP contribution in [0.2, 0.25) is 5.02 Å². The Morgan fingerprint density at radius 1 is 1.22 bits per heavy atom. The molecule has 3 nitrogen and oxygen atoms in total. The van der Waals surface area contributed by atoms with Gasteiger partial charge in [0.1, 0.15) is 11.5 Å². The first-order valence-corrected chi connectivity index (χ1v) is 5.72. The summed E-state index contributed by atoms with van der Waals surface area (Å²) in [6, 6.07) is 10.1. The lowest BCUT2D eigenvalue weighted by Gasteiger charge is -2.00. The molecule has 90 valence electrons. The van der Waals surface area contributed by atoms with Gasteiger partial charge in [-0.25, -0.2) is 4.39 Å². The third-order valence-corrected chi connectivity index (χ3v) is 3.11. The number of nitrogens with zero attached hydrogens (tertiary/aromatic N) is 1. The number of rotatable bonds is 1. The Morgan fingerprint density at radius 3 is 2.83 bits per heavy atom. The lowest BCUT2D eigenvalue weighted by molar-refractivity contribution is 0.628. The number of H-pyrrole nitrogens is 1. The van der Waals surface area contributed by atoms with Crippen molar-refractivity contribution in [2.24, 2.45) is 0 Å². The summed E-state index contributed by atoms with van der Waals surface area (Å²) in [5, 5.41) is 8.05. The second kappa shape index (κ2) is 3.99. The fourth-order valence-electron chi connectivity index (χ4n) is 1.93. The first-order valence-electron chi connectivity index (χ1n) is 5.35. The molecule has 0 aliphatic rings. The molecule has 3 rings (SSSR count). The summed E-state index contributed by atoms with van der Waals surface area (Å²) in [6.07, 6.45) is 0. The van der Waals surface area contributed by atoms with Crippen LogP contribution in [0.3, 0.4) is 0 Å². The fourth-order valence-corrected chi connectivity index (χ4v) is 2.11. The van der Waals surface area contributed by atoms with E-state index in [0.29, 0.717) is 11.4 Å². The van der Waals surface area contributed by atoms with Gasteiger partial charge in [0.15, 0.2) is 0 Å². The molecular weight excluding hydrogens is 253 g/mol. The van der Waals surface area contributed by atoms with Gasteiger partial charge in [0.25, 0.3) is 0 Å². The van der Waals surface area contributed by atoms with E-state index in [1.165, 1.54) is 6.07 Å². The number of benzene rings is 2. The number of nitrogen functional groups attached to an aromatic ring is 1. The van der Waals surface area contributed by atoms with Crippen LogP contribution in [-0.2, 0) is 0 Å². The van der Waals surface area contributed by atoms with Gasteiger partial charge in [0.2, 0.25) is 0 Å². The summed E-state index contributed by atoms with van der Waals surface area (Å²) in [5.74, 6) is -0.445. The van der Waals surface area contributed by atoms with Crippen molar-refractivity contribution in [3.63, 3.8) is 0 Å². The van der Waals surface area contributed by atoms with Gasteiger partial charge >= 0.3 is 0 Å². The molecule has 18 heavy (non-hydrogen) atoms. The molecule has 3 N–H and O–H groups in total. The topological polar surface area (TPSA) is 54.7 Å². The number of halogens is 2. The summed E-state index contributed by atoms with van der Waals surface area (Å²) in [7, 11) is 0. The van der Waals surface area contributed by atoms with E-state index in [1.54, 1.807) is 18.2 Å². The van der Waals surface area contributed by atoms with Gasteiger partial charge in [-0.3, -0.25) is 5.10 Å². The zero-order valence-electron chi connectivity index (χ0n) is 9.24. The average Bonchev–Trinajstić information content (AvgIpc) is 2.78. The molecule has 0 saturated heterocycles. The first kappa shape index (κ1) is 11.0. The predicted octanol–water partition coefficient (Wildman–Crippen LogP) is 3.60. The Labute approximate surface area is 107 Å². The van der Waals surface area contributed by atoms with Crippen LogP contribution < -0.4 is 5.73 Å². The second-order valence-corrected chi connectivity index (χ2v) is 4.38. The molecular formula is C13H9ClFN3. The third kappa shape index (κ3) is 1.62. The summed E-state index contributed by atoms with van der Waals surface area (Å²) in [5.41, 5.74) is 8.70. The minimum atomic E-state index is -0.445. The van der Waals surface area contributed by atoms with E-state index in [9.17, 15) is 4.39 Å². The van der Waals surface area contributed by atoms with Crippen LogP contribution in [0.4, 0.5) is 10.1 Å². The minimum Gasteiger partial charge on any atom is -0.397 e. The smallest absolute Gasteiger partial charge is 0.141 e. The lowest BCUT2D eigenvalue weighted by atomic mass is 10.1. The highest BCUT2D eigenvalue weighted by molar-refractivity contribution is 6.31. The van der Waals surface area contributed by atoms with Gasteiger partial charge in [-0.2, -0.15) is 5.10 Å². The number of anilines is 1. The van der Waals surface area contributed by atoms with Crippen molar-refractivity contribution in [3.05, 3.63) is 47.2 Å². The standard InChI is InChI=1S/C13H9ClFN3/c14-9-6-7(4-5-10(9)15)12-8-2-1-3-11(16)13(8)18-17-12/h1-6H,16H2,(H,17,18). The number of hydrogen-bond donors (Lipinski definition) is 2. The number of aromatic nitrogens is 2. The van der Waals surface area contributed by atoms with Gasteiger partial charge in [-0.1, -0.05) is 23.7 Å². The molecule has 0 bridgehead atoms. The number of aromatic amines is 1. The molecule has 0 spiro atoms. The first-order chi connectivity index (χ1) is 8.66.